The number of nitriles is 1. The molecule has 0 unspecified atom stereocenters. The number of nitrogens with one attached hydrogen (secondary N) is 1. The summed E-state index contributed by atoms with van der Waals surface area (Å²) in [4.78, 5) is 19.1. The highest BCUT2D eigenvalue weighted by Crippen LogP contribution is 2.32. The summed E-state index contributed by atoms with van der Waals surface area (Å²) in [5, 5.41) is 23.5. The number of aliphatic hydroxyl groups is 1. The minimum atomic E-state index is -0.657. The summed E-state index contributed by atoms with van der Waals surface area (Å²) in [6, 6.07) is 13.8. The number of piperidine rings is 1. The zero-order valence-electron chi connectivity index (χ0n) is 15.9. The highest BCUT2D eigenvalue weighted by atomic mass is 16.3. The highest BCUT2D eigenvalue weighted by Gasteiger charge is 2.45. The minimum absolute atomic E-state index is 0.197. The van der Waals surface area contributed by atoms with Gasteiger partial charge in [-0.15, -0.1) is 0 Å². The Labute approximate surface area is 168 Å². The molecule has 2 aliphatic heterocycles. The van der Waals surface area contributed by atoms with Gasteiger partial charge in [0, 0.05) is 32.0 Å². The van der Waals surface area contributed by atoms with Gasteiger partial charge in [-0.25, -0.2) is 4.98 Å². The number of pyridine rings is 1. The molecule has 29 heavy (non-hydrogen) atoms. The van der Waals surface area contributed by atoms with Crippen molar-refractivity contribution in [2.45, 2.75) is 31.0 Å². The second-order valence-electron chi connectivity index (χ2n) is 7.89. The molecule has 146 valence electrons. The number of aromatic nitrogens is 2. The number of likely N-dealkylation sites (tertiary alicyclic amines) is 1. The minimum Gasteiger partial charge on any atom is -0.389 e. The van der Waals surface area contributed by atoms with Gasteiger partial charge in [0.05, 0.1) is 17.2 Å². The van der Waals surface area contributed by atoms with Gasteiger partial charge in [0.25, 0.3) is 5.91 Å². The maximum Gasteiger partial charge on any atom is 0.274 e. The SMILES string of the molecule is N#Cc1ccc2nc(C(=O)N3CC[C@]4(Cc5ccccc5CN4)[C@H](O)C3)cn2c1. The Kier molecular flexibility index (Phi) is 4.12. The number of imidazole rings is 1. The number of hydrogen-bond donors (Lipinski definition) is 2. The summed E-state index contributed by atoms with van der Waals surface area (Å²) < 4.78 is 1.69. The van der Waals surface area contributed by atoms with E-state index in [0.29, 0.717) is 29.9 Å². The fourth-order valence-corrected chi connectivity index (χ4v) is 4.47. The lowest BCUT2D eigenvalue weighted by Gasteiger charge is -2.48. The number of benzene rings is 1. The van der Waals surface area contributed by atoms with Crippen LogP contribution < -0.4 is 5.32 Å². The molecular formula is C22H21N5O2. The Morgan fingerprint density at radius 1 is 1.24 bits per heavy atom. The molecule has 2 aliphatic rings. The first-order valence-electron chi connectivity index (χ1n) is 9.76. The summed E-state index contributed by atoms with van der Waals surface area (Å²) in [5.74, 6) is -0.197. The van der Waals surface area contributed by atoms with Crippen LogP contribution in [0.2, 0.25) is 0 Å². The Bertz CT molecular complexity index is 1150. The summed E-state index contributed by atoms with van der Waals surface area (Å²) in [5.41, 5.74) is 3.58. The topological polar surface area (TPSA) is 93.7 Å². The van der Waals surface area contributed by atoms with Crippen molar-refractivity contribution in [3.63, 3.8) is 0 Å². The Hall–Kier alpha value is -3.21. The Morgan fingerprint density at radius 2 is 2.07 bits per heavy atom. The molecule has 0 radical (unpaired) electrons. The van der Waals surface area contributed by atoms with Gasteiger partial charge in [0.2, 0.25) is 0 Å². The van der Waals surface area contributed by atoms with Crippen molar-refractivity contribution in [1.29, 1.82) is 5.26 Å². The van der Waals surface area contributed by atoms with Crippen LogP contribution in [0.5, 0.6) is 0 Å². The standard InChI is InChI=1S/C22H21N5O2/c23-10-15-5-6-20-25-18(13-27(20)12-15)21(29)26-8-7-22(19(28)14-26)9-16-3-1-2-4-17(16)11-24-22/h1-6,12-13,19,24,28H,7-9,11,14H2/t19-,22+/m1/s1. The van der Waals surface area contributed by atoms with E-state index in [-0.39, 0.29) is 12.5 Å². The predicted molar refractivity (Wildman–Crippen MR) is 106 cm³/mol. The molecule has 2 atom stereocenters. The third-order valence-corrected chi connectivity index (χ3v) is 6.20. The first-order chi connectivity index (χ1) is 14.1. The van der Waals surface area contributed by atoms with Gasteiger partial charge in [-0.1, -0.05) is 24.3 Å². The summed E-state index contributed by atoms with van der Waals surface area (Å²) >= 11 is 0. The summed E-state index contributed by atoms with van der Waals surface area (Å²) in [6.07, 6.45) is 4.08. The number of β-amino-alcohol motifs (C(OH)–C–C–N with tert-alkyl or cyclic N) is 1. The number of amides is 1. The number of nitrogens with zero attached hydrogens (tertiary/aromatic N) is 4. The van der Waals surface area contributed by atoms with Crippen LogP contribution in [0.15, 0.2) is 48.8 Å². The lowest BCUT2D eigenvalue weighted by Crippen LogP contribution is -2.65. The number of aliphatic hydroxyl groups excluding tert-OH is 1. The predicted octanol–water partition coefficient (Wildman–Crippen LogP) is 1.50. The third kappa shape index (κ3) is 2.97. The van der Waals surface area contributed by atoms with Crippen molar-refractivity contribution < 1.29 is 9.90 Å². The second kappa shape index (κ2) is 6.69. The van der Waals surface area contributed by atoms with E-state index in [0.717, 1.165) is 13.0 Å². The van der Waals surface area contributed by atoms with Crippen LogP contribution in [0, 0.1) is 11.3 Å². The molecule has 5 rings (SSSR count). The lowest BCUT2D eigenvalue weighted by molar-refractivity contribution is -0.0140. The van der Waals surface area contributed by atoms with Gasteiger partial charge in [-0.3, -0.25) is 4.79 Å². The molecule has 7 heteroatoms. The molecular weight excluding hydrogens is 366 g/mol. The van der Waals surface area contributed by atoms with Gasteiger partial charge in [0.1, 0.15) is 17.4 Å². The van der Waals surface area contributed by atoms with Gasteiger partial charge >= 0.3 is 0 Å². The molecule has 0 bridgehead atoms. The van der Waals surface area contributed by atoms with Crippen molar-refractivity contribution in [3.8, 4) is 6.07 Å². The number of rotatable bonds is 1. The average Bonchev–Trinajstić information content (AvgIpc) is 3.18. The van der Waals surface area contributed by atoms with E-state index in [1.165, 1.54) is 11.1 Å². The number of fused-ring (bicyclic) bond motifs is 2. The Balaban J connectivity index is 1.35. The zero-order chi connectivity index (χ0) is 20.0. The molecule has 2 aromatic heterocycles. The van der Waals surface area contributed by atoms with Crippen molar-refractivity contribution in [3.05, 3.63) is 71.2 Å². The van der Waals surface area contributed by atoms with Gasteiger partial charge in [0.15, 0.2) is 0 Å². The smallest absolute Gasteiger partial charge is 0.274 e. The highest BCUT2D eigenvalue weighted by molar-refractivity contribution is 5.93. The van der Waals surface area contributed by atoms with E-state index in [1.54, 1.807) is 33.8 Å². The van der Waals surface area contributed by atoms with E-state index < -0.39 is 11.6 Å². The fourth-order valence-electron chi connectivity index (χ4n) is 4.47. The normalized spacial score (nSPS) is 23.7. The van der Waals surface area contributed by atoms with E-state index in [1.807, 2.05) is 12.1 Å². The van der Waals surface area contributed by atoms with Crippen LogP contribution in [0.4, 0.5) is 0 Å². The number of carbonyl (C=O) groups excluding carboxylic acids is 1. The molecule has 4 heterocycles. The summed E-state index contributed by atoms with van der Waals surface area (Å²) in [6.45, 7) is 1.56. The maximum absolute atomic E-state index is 13.0. The molecule has 1 saturated heterocycles. The monoisotopic (exact) mass is 387 g/mol. The first-order valence-corrected chi connectivity index (χ1v) is 9.76. The molecule has 0 aliphatic carbocycles. The van der Waals surface area contributed by atoms with Gasteiger partial charge in [-0.05, 0) is 36.1 Å². The van der Waals surface area contributed by atoms with Crippen molar-refractivity contribution in [2.24, 2.45) is 0 Å². The van der Waals surface area contributed by atoms with Crippen LogP contribution >= 0.6 is 0 Å². The zero-order valence-corrected chi connectivity index (χ0v) is 15.9. The van der Waals surface area contributed by atoms with Crippen LogP contribution in [0.3, 0.4) is 0 Å². The molecule has 1 amide bonds. The quantitative estimate of drug-likeness (QED) is 0.660. The largest absolute Gasteiger partial charge is 0.389 e. The fraction of sp³-hybridized carbons (Fsp3) is 0.318. The molecule has 2 N–H and O–H groups in total. The Morgan fingerprint density at radius 3 is 2.86 bits per heavy atom. The van der Waals surface area contributed by atoms with Crippen LogP contribution in [0.1, 0.15) is 33.6 Å². The molecule has 1 aromatic carbocycles. The molecule has 1 spiro atoms. The van der Waals surface area contributed by atoms with E-state index in [2.05, 4.69) is 28.5 Å². The second-order valence-corrected chi connectivity index (χ2v) is 7.89. The summed E-state index contributed by atoms with van der Waals surface area (Å²) in [7, 11) is 0. The van der Waals surface area contributed by atoms with E-state index >= 15 is 0 Å². The van der Waals surface area contributed by atoms with E-state index in [4.69, 9.17) is 5.26 Å². The third-order valence-electron chi connectivity index (χ3n) is 6.20. The molecule has 1 fully saturated rings. The molecule has 7 nitrogen and oxygen atoms in total. The maximum atomic E-state index is 13.0. The first kappa shape index (κ1) is 17.9. The van der Waals surface area contributed by atoms with Crippen molar-refractivity contribution in [2.75, 3.05) is 13.1 Å². The van der Waals surface area contributed by atoms with Crippen LogP contribution in [-0.2, 0) is 13.0 Å². The van der Waals surface area contributed by atoms with Crippen LogP contribution in [-0.4, -0.2) is 50.0 Å². The van der Waals surface area contributed by atoms with Gasteiger partial charge in [-0.2, -0.15) is 5.26 Å². The molecule has 0 saturated carbocycles. The van der Waals surface area contributed by atoms with Crippen molar-refractivity contribution >= 4 is 11.6 Å². The lowest BCUT2D eigenvalue weighted by atomic mass is 9.76. The van der Waals surface area contributed by atoms with Gasteiger partial charge < -0.3 is 19.7 Å². The number of hydrogen-bond acceptors (Lipinski definition) is 5. The van der Waals surface area contributed by atoms with Crippen LogP contribution in [0.25, 0.3) is 5.65 Å². The van der Waals surface area contributed by atoms with E-state index in [9.17, 15) is 9.90 Å². The average molecular weight is 387 g/mol. The number of carbonyl (C=O) groups is 1. The molecule has 3 aromatic rings. The van der Waals surface area contributed by atoms with Crippen molar-refractivity contribution in [1.82, 2.24) is 19.6 Å².